The highest BCUT2D eigenvalue weighted by molar-refractivity contribution is 7.99. The number of fused-ring (bicyclic) bond motifs is 1. The van der Waals surface area contributed by atoms with Crippen LogP contribution in [0.4, 0.5) is 5.82 Å². The standard InChI is InChI=1S/C14H18N2OS/c1-2-18-13-9-5-7-11(13)15-14-10-6-3-4-8-12(10)17-16-14/h3-4,6,8,11,13H,2,5,7,9H2,1H3,(H,15,16). The van der Waals surface area contributed by atoms with Gasteiger partial charge in [0.05, 0.1) is 5.39 Å². The van der Waals surface area contributed by atoms with Crippen LogP contribution in [-0.4, -0.2) is 22.2 Å². The molecule has 1 aromatic heterocycles. The molecule has 96 valence electrons. The van der Waals surface area contributed by atoms with Crippen LogP contribution in [0.2, 0.25) is 0 Å². The van der Waals surface area contributed by atoms with Crippen LogP contribution in [-0.2, 0) is 0 Å². The van der Waals surface area contributed by atoms with Gasteiger partial charge in [-0.3, -0.25) is 0 Å². The van der Waals surface area contributed by atoms with Crippen molar-refractivity contribution in [2.75, 3.05) is 11.1 Å². The van der Waals surface area contributed by atoms with Crippen LogP contribution < -0.4 is 5.32 Å². The number of aromatic nitrogens is 1. The maximum atomic E-state index is 5.34. The van der Waals surface area contributed by atoms with Crippen molar-refractivity contribution in [1.29, 1.82) is 0 Å². The van der Waals surface area contributed by atoms with Crippen LogP contribution in [0.1, 0.15) is 26.2 Å². The third-order valence-corrected chi connectivity index (χ3v) is 4.86. The predicted molar refractivity (Wildman–Crippen MR) is 77.2 cm³/mol. The lowest BCUT2D eigenvalue weighted by molar-refractivity contribution is 0.458. The summed E-state index contributed by atoms with van der Waals surface area (Å²) in [7, 11) is 0. The van der Waals surface area contributed by atoms with Gasteiger partial charge in [0, 0.05) is 11.3 Å². The Morgan fingerprint density at radius 3 is 3.17 bits per heavy atom. The Bertz CT molecular complexity index is 525. The first-order chi connectivity index (χ1) is 8.88. The van der Waals surface area contributed by atoms with E-state index in [9.17, 15) is 0 Å². The summed E-state index contributed by atoms with van der Waals surface area (Å²) in [6.07, 6.45) is 3.86. The number of para-hydroxylation sites is 1. The summed E-state index contributed by atoms with van der Waals surface area (Å²) in [5.41, 5.74) is 0.859. The molecule has 3 rings (SSSR count). The van der Waals surface area contributed by atoms with E-state index in [0.29, 0.717) is 11.3 Å². The van der Waals surface area contributed by atoms with Crippen LogP contribution in [0.15, 0.2) is 28.8 Å². The number of thioether (sulfide) groups is 1. The molecule has 2 unspecified atom stereocenters. The molecule has 1 aromatic carbocycles. The highest BCUT2D eigenvalue weighted by Crippen LogP contribution is 2.33. The molecule has 0 saturated heterocycles. The molecule has 0 radical (unpaired) electrons. The number of rotatable bonds is 4. The van der Waals surface area contributed by atoms with E-state index in [4.69, 9.17) is 4.52 Å². The normalized spacial score (nSPS) is 23.6. The van der Waals surface area contributed by atoms with Crippen molar-refractivity contribution in [3.63, 3.8) is 0 Å². The molecule has 0 bridgehead atoms. The summed E-state index contributed by atoms with van der Waals surface area (Å²) in [4.78, 5) is 0. The Balaban J connectivity index is 1.79. The Hall–Kier alpha value is -1.16. The third kappa shape index (κ3) is 2.21. The molecule has 2 atom stereocenters. The summed E-state index contributed by atoms with van der Waals surface area (Å²) in [5, 5.41) is 9.53. The van der Waals surface area contributed by atoms with Gasteiger partial charge in [-0.15, -0.1) is 0 Å². The Morgan fingerprint density at radius 2 is 2.28 bits per heavy atom. The number of benzene rings is 1. The first kappa shape index (κ1) is 11.9. The van der Waals surface area contributed by atoms with Crippen molar-refractivity contribution in [3.05, 3.63) is 24.3 Å². The lowest BCUT2D eigenvalue weighted by Crippen LogP contribution is -2.26. The zero-order chi connectivity index (χ0) is 12.4. The summed E-state index contributed by atoms with van der Waals surface area (Å²) >= 11 is 2.05. The number of anilines is 1. The molecule has 1 fully saturated rings. The van der Waals surface area contributed by atoms with Gasteiger partial charge in [-0.25, -0.2) is 0 Å². The van der Waals surface area contributed by atoms with Gasteiger partial charge in [0.1, 0.15) is 0 Å². The summed E-state index contributed by atoms with van der Waals surface area (Å²) in [6.45, 7) is 2.23. The first-order valence-electron chi connectivity index (χ1n) is 6.61. The highest BCUT2D eigenvalue weighted by Gasteiger charge is 2.28. The molecule has 1 aliphatic rings. The second kappa shape index (κ2) is 5.22. The second-order valence-corrected chi connectivity index (χ2v) is 6.22. The van der Waals surface area contributed by atoms with Gasteiger partial charge in [0.15, 0.2) is 11.4 Å². The molecule has 4 heteroatoms. The molecule has 18 heavy (non-hydrogen) atoms. The molecule has 0 amide bonds. The zero-order valence-electron chi connectivity index (χ0n) is 10.6. The predicted octanol–water partition coefficient (Wildman–Crippen LogP) is 3.91. The maximum Gasteiger partial charge on any atom is 0.177 e. The highest BCUT2D eigenvalue weighted by atomic mass is 32.2. The maximum absolute atomic E-state index is 5.34. The van der Waals surface area contributed by atoms with Gasteiger partial charge in [0.25, 0.3) is 0 Å². The van der Waals surface area contributed by atoms with Gasteiger partial charge >= 0.3 is 0 Å². The van der Waals surface area contributed by atoms with E-state index in [1.807, 2.05) is 18.2 Å². The van der Waals surface area contributed by atoms with Gasteiger partial charge in [-0.2, -0.15) is 11.8 Å². The number of hydrogen-bond donors (Lipinski definition) is 1. The largest absolute Gasteiger partial charge is 0.363 e. The Labute approximate surface area is 111 Å². The van der Waals surface area contributed by atoms with Gasteiger partial charge in [-0.05, 0) is 30.7 Å². The summed E-state index contributed by atoms with van der Waals surface area (Å²) < 4.78 is 5.34. The van der Waals surface area contributed by atoms with Crippen LogP contribution in [0, 0.1) is 0 Å². The van der Waals surface area contributed by atoms with Crippen molar-refractivity contribution < 1.29 is 4.52 Å². The number of nitrogens with one attached hydrogen (secondary N) is 1. The average molecular weight is 262 g/mol. The van der Waals surface area contributed by atoms with Crippen LogP contribution in [0.3, 0.4) is 0 Å². The Kier molecular flexibility index (Phi) is 3.46. The quantitative estimate of drug-likeness (QED) is 0.906. The zero-order valence-corrected chi connectivity index (χ0v) is 11.4. The second-order valence-electron chi connectivity index (χ2n) is 4.70. The molecule has 2 aromatic rings. The van der Waals surface area contributed by atoms with E-state index < -0.39 is 0 Å². The molecule has 1 heterocycles. The van der Waals surface area contributed by atoms with E-state index in [1.165, 1.54) is 25.0 Å². The molecule has 0 aliphatic heterocycles. The fraction of sp³-hybridized carbons (Fsp3) is 0.500. The molecule has 1 N–H and O–H groups in total. The Morgan fingerprint density at radius 1 is 1.39 bits per heavy atom. The van der Waals surface area contributed by atoms with Crippen molar-refractivity contribution in [1.82, 2.24) is 5.16 Å². The van der Waals surface area contributed by atoms with E-state index in [0.717, 1.165) is 16.8 Å². The number of nitrogens with zero attached hydrogens (tertiary/aromatic N) is 1. The molecular weight excluding hydrogens is 244 g/mol. The van der Waals surface area contributed by atoms with Gasteiger partial charge in [-0.1, -0.05) is 30.6 Å². The molecule has 3 nitrogen and oxygen atoms in total. The molecule has 1 aliphatic carbocycles. The summed E-state index contributed by atoms with van der Waals surface area (Å²) in [5.74, 6) is 2.08. The van der Waals surface area contributed by atoms with Crippen molar-refractivity contribution in [2.24, 2.45) is 0 Å². The minimum absolute atomic E-state index is 0.531. The van der Waals surface area contributed by atoms with Gasteiger partial charge < -0.3 is 9.84 Å². The number of hydrogen-bond acceptors (Lipinski definition) is 4. The van der Waals surface area contributed by atoms with E-state index >= 15 is 0 Å². The van der Waals surface area contributed by atoms with Crippen LogP contribution in [0.5, 0.6) is 0 Å². The fourth-order valence-corrected chi connectivity index (χ4v) is 3.87. The van der Waals surface area contributed by atoms with E-state index in [2.05, 4.69) is 35.2 Å². The lowest BCUT2D eigenvalue weighted by Gasteiger charge is -2.19. The fourth-order valence-electron chi connectivity index (χ4n) is 2.67. The van der Waals surface area contributed by atoms with Crippen molar-refractivity contribution in [2.45, 2.75) is 37.5 Å². The molecular formula is C14H18N2OS. The minimum Gasteiger partial charge on any atom is -0.363 e. The first-order valence-corrected chi connectivity index (χ1v) is 7.66. The third-order valence-electron chi connectivity index (χ3n) is 3.53. The smallest absolute Gasteiger partial charge is 0.177 e. The van der Waals surface area contributed by atoms with E-state index in [1.54, 1.807) is 0 Å². The van der Waals surface area contributed by atoms with Crippen LogP contribution in [0.25, 0.3) is 11.0 Å². The van der Waals surface area contributed by atoms with Gasteiger partial charge in [0.2, 0.25) is 0 Å². The monoisotopic (exact) mass is 262 g/mol. The SMILES string of the molecule is CCSC1CCCC1Nc1noc2ccccc12. The average Bonchev–Trinajstić information content (AvgIpc) is 2.99. The van der Waals surface area contributed by atoms with Crippen molar-refractivity contribution in [3.8, 4) is 0 Å². The topological polar surface area (TPSA) is 38.1 Å². The minimum atomic E-state index is 0.531. The molecule has 1 saturated carbocycles. The van der Waals surface area contributed by atoms with Crippen molar-refractivity contribution >= 4 is 28.5 Å². The van der Waals surface area contributed by atoms with E-state index in [-0.39, 0.29) is 0 Å². The summed E-state index contributed by atoms with van der Waals surface area (Å²) in [6, 6.07) is 8.55. The molecule has 0 spiro atoms. The lowest BCUT2D eigenvalue weighted by atomic mass is 10.2. The van der Waals surface area contributed by atoms with Crippen LogP contribution >= 0.6 is 11.8 Å².